The van der Waals surface area contributed by atoms with Crippen molar-refractivity contribution in [3.63, 3.8) is 0 Å². The molecule has 0 aliphatic carbocycles. The molecule has 0 saturated carbocycles. The molecule has 2 aromatic carbocycles. The predicted octanol–water partition coefficient (Wildman–Crippen LogP) is 4.13. The van der Waals surface area contributed by atoms with E-state index in [1.165, 1.54) is 0 Å². The third-order valence-electron chi connectivity index (χ3n) is 6.62. The summed E-state index contributed by atoms with van der Waals surface area (Å²) in [6.07, 6.45) is 2.93. The van der Waals surface area contributed by atoms with E-state index >= 15 is 0 Å². The normalized spacial score (nSPS) is 19.2. The second-order valence-corrected chi connectivity index (χ2v) is 8.77. The Bertz CT molecular complexity index is 1190. The van der Waals surface area contributed by atoms with Gasteiger partial charge >= 0.3 is 5.97 Å². The number of nitrogens with zero attached hydrogens (tertiary/aromatic N) is 2. The van der Waals surface area contributed by atoms with Gasteiger partial charge in [-0.25, -0.2) is 0 Å². The molecule has 0 amide bonds. The van der Waals surface area contributed by atoms with Gasteiger partial charge in [-0.15, -0.1) is 0 Å². The lowest BCUT2D eigenvalue weighted by atomic mass is 9.81. The SMILES string of the molecule is COc1ccc2nccc([C@@H](O)CC[C@@H]3CCN(CC#Cc4ccccc4)C[C@@H]3C(=O)O)c2c1. The molecular formula is C28H30N2O4. The van der Waals surface area contributed by atoms with E-state index < -0.39 is 18.0 Å². The topological polar surface area (TPSA) is 82.9 Å². The van der Waals surface area contributed by atoms with Crippen molar-refractivity contribution in [1.29, 1.82) is 0 Å². The molecule has 3 atom stereocenters. The maximum absolute atomic E-state index is 12.0. The number of aliphatic carboxylic acids is 1. The lowest BCUT2D eigenvalue weighted by Gasteiger charge is -2.36. The Morgan fingerprint density at radius 1 is 1.24 bits per heavy atom. The van der Waals surface area contributed by atoms with Crippen LogP contribution in [0.1, 0.15) is 36.5 Å². The van der Waals surface area contributed by atoms with Gasteiger partial charge in [-0.05, 0) is 73.7 Å². The van der Waals surface area contributed by atoms with E-state index in [1.54, 1.807) is 13.3 Å². The Morgan fingerprint density at radius 3 is 2.82 bits per heavy atom. The number of hydrogen-bond donors (Lipinski definition) is 2. The average molecular weight is 459 g/mol. The van der Waals surface area contributed by atoms with E-state index in [9.17, 15) is 15.0 Å². The number of fused-ring (bicyclic) bond motifs is 1. The highest BCUT2D eigenvalue weighted by Gasteiger charge is 2.34. The number of likely N-dealkylation sites (tertiary alicyclic amines) is 1. The highest BCUT2D eigenvalue weighted by molar-refractivity contribution is 5.83. The van der Waals surface area contributed by atoms with Gasteiger partial charge in [0.25, 0.3) is 0 Å². The molecule has 6 heteroatoms. The summed E-state index contributed by atoms with van der Waals surface area (Å²) in [5.41, 5.74) is 2.55. The Balaban J connectivity index is 1.38. The van der Waals surface area contributed by atoms with Crippen LogP contribution >= 0.6 is 0 Å². The van der Waals surface area contributed by atoms with Crippen molar-refractivity contribution in [1.82, 2.24) is 9.88 Å². The van der Waals surface area contributed by atoms with Crippen molar-refractivity contribution >= 4 is 16.9 Å². The molecule has 0 bridgehead atoms. The van der Waals surface area contributed by atoms with Gasteiger partial charge in [0.2, 0.25) is 0 Å². The summed E-state index contributed by atoms with van der Waals surface area (Å²) in [7, 11) is 1.61. The number of aliphatic hydroxyl groups excluding tert-OH is 1. The number of piperidine rings is 1. The van der Waals surface area contributed by atoms with Crippen LogP contribution < -0.4 is 4.74 Å². The molecule has 1 fully saturated rings. The standard InChI is InChI=1S/C28H30N2O4/c1-34-22-10-11-26-24(18-22)23(13-15-29-26)27(31)12-9-21-14-17-30(19-25(21)28(32)33)16-5-8-20-6-3-2-4-7-20/h2-4,6-7,10-11,13,15,18,21,25,27,31H,9,12,14,16-17,19H2,1H3,(H,32,33)/t21-,25+,27+/m1/s1. The van der Waals surface area contributed by atoms with Crippen LogP contribution in [-0.2, 0) is 4.79 Å². The molecule has 176 valence electrons. The van der Waals surface area contributed by atoms with Crippen molar-refractivity contribution < 1.29 is 19.7 Å². The lowest BCUT2D eigenvalue weighted by molar-refractivity contribution is -0.146. The third kappa shape index (κ3) is 5.74. The predicted molar refractivity (Wildman–Crippen MR) is 131 cm³/mol. The average Bonchev–Trinajstić information content (AvgIpc) is 2.87. The number of pyridine rings is 1. The van der Waals surface area contributed by atoms with Crippen molar-refractivity contribution in [3.8, 4) is 17.6 Å². The molecule has 34 heavy (non-hydrogen) atoms. The van der Waals surface area contributed by atoms with Crippen LogP contribution in [0.4, 0.5) is 0 Å². The fourth-order valence-corrected chi connectivity index (χ4v) is 4.70. The molecule has 0 spiro atoms. The summed E-state index contributed by atoms with van der Waals surface area (Å²) in [6.45, 7) is 1.84. The van der Waals surface area contributed by atoms with E-state index in [0.29, 0.717) is 31.7 Å². The molecule has 2 N–H and O–H groups in total. The first kappa shape index (κ1) is 23.7. The van der Waals surface area contributed by atoms with Crippen LogP contribution in [-0.4, -0.2) is 52.8 Å². The highest BCUT2D eigenvalue weighted by atomic mass is 16.5. The summed E-state index contributed by atoms with van der Waals surface area (Å²) >= 11 is 0. The summed E-state index contributed by atoms with van der Waals surface area (Å²) in [6, 6.07) is 17.2. The smallest absolute Gasteiger partial charge is 0.308 e. The number of aromatic nitrogens is 1. The van der Waals surface area contributed by atoms with Gasteiger partial charge in [0, 0.05) is 23.7 Å². The van der Waals surface area contributed by atoms with Crippen molar-refractivity contribution in [3.05, 3.63) is 71.9 Å². The summed E-state index contributed by atoms with van der Waals surface area (Å²) < 4.78 is 5.33. The van der Waals surface area contributed by atoms with Gasteiger partial charge in [-0.2, -0.15) is 0 Å². The Labute approximate surface area is 200 Å². The minimum absolute atomic E-state index is 0.0214. The molecule has 1 aromatic heterocycles. The molecule has 0 unspecified atom stereocenters. The van der Waals surface area contributed by atoms with E-state index in [2.05, 4.69) is 21.7 Å². The fourth-order valence-electron chi connectivity index (χ4n) is 4.70. The second kappa shape index (κ2) is 11.1. The maximum atomic E-state index is 12.0. The number of ether oxygens (including phenoxy) is 1. The minimum atomic E-state index is -0.778. The Hall–Kier alpha value is -3.40. The molecule has 1 aliphatic heterocycles. The van der Waals surface area contributed by atoms with E-state index in [0.717, 1.165) is 35.0 Å². The number of hydrogen-bond acceptors (Lipinski definition) is 5. The first-order valence-corrected chi connectivity index (χ1v) is 11.6. The van der Waals surface area contributed by atoms with Crippen LogP contribution in [0.3, 0.4) is 0 Å². The van der Waals surface area contributed by atoms with Crippen molar-refractivity contribution in [2.45, 2.75) is 25.4 Å². The summed E-state index contributed by atoms with van der Waals surface area (Å²) in [4.78, 5) is 18.5. The number of benzene rings is 2. The second-order valence-electron chi connectivity index (χ2n) is 8.77. The number of carboxylic acids is 1. The van der Waals surface area contributed by atoms with Crippen molar-refractivity contribution in [2.24, 2.45) is 11.8 Å². The molecule has 0 radical (unpaired) electrons. The number of methoxy groups -OCH3 is 1. The quantitative estimate of drug-likeness (QED) is 0.518. The van der Waals surface area contributed by atoms with Gasteiger partial charge in [-0.1, -0.05) is 30.0 Å². The van der Waals surface area contributed by atoms with Crippen LogP contribution in [0, 0.1) is 23.7 Å². The molecule has 1 aliphatic rings. The third-order valence-corrected chi connectivity index (χ3v) is 6.62. The van der Waals surface area contributed by atoms with E-state index in [4.69, 9.17) is 4.74 Å². The summed E-state index contributed by atoms with van der Waals surface area (Å²) in [5, 5.41) is 21.7. The van der Waals surface area contributed by atoms with Crippen molar-refractivity contribution in [2.75, 3.05) is 26.7 Å². The minimum Gasteiger partial charge on any atom is -0.497 e. The number of rotatable bonds is 7. The molecule has 2 heterocycles. The zero-order chi connectivity index (χ0) is 23.9. The van der Waals surface area contributed by atoms with E-state index in [-0.39, 0.29) is 5.92 Å². The molecule has 3 aromatic rings. The monoisotopic (exact) mass is 458 g/mol. The van der Waals surface area contributed by atoms with Crippen LogP contribution in [0.5, 0.6) is 5.75 Å². The van der Waals surface area contributed by atoms with Crippen LogP contribution in [0.2, 0.25) is 0 Å². The first-order chi connectivity index (χ1) is 16.5. The van der Waals surface area contributed by atoms with Gasteiger partial charge in [0.15, 0.2) is 0 Å². The Kier molecular flexibility index (Phi) is 7.79. The van der Waals surface area contributed by atoms with E-state index in [1.807, 2.05) is 54.6 Å². The van der Waals surface area contributed by atoms with Gasteiger partial charge in [0.05, 0.1) is 31.2 Å². The largest absolute Gasteiger partial charge is 0.497 e. The first-order valence-electron chi connectivity index (χ1n) is 11.6. The van der Waals surface area contributed by atoms with Crippen LogP contribution in [0.25, 0.3) is 10.9 Å². The fraction of sp³-hybridized carbons (Fsp3) is 0.357. The zero-order valence-corrected chi connectivity index (χ0v) is 19.4. The Morgan fingerprint density at radius 2 is 2.06 bits per heavy atom. The van der Waals surface area contributed by atoms with Gasteiger partial charge < -0.3 is 14.9 Å². The summed E-state index contributed by atoms with van der Waals surface area (Å²) in [5.74, 6) is 5.80. The number of carbonyl (C=O) groups is 1. The number of aliphatic hydroxyl groups is 1. The van der Waals surface area contributed by atoms with Crippen LogP contribution in [0.15, 0.2) is 60.8 Å². The molecule has 4 rings (SSSR count). The lowest BCUT2D eigenvalue weighted by Crippen LogP contribution is -2.44. The van der Waals surface area contributed by atoms with Gasteiger partial charge in [-0.3, -0.25) is 14.7 Å². The number of carboxylic acid groups (broad SMARTS) is 1. The zero-order valence-electron chi connectivity index (χ0n) is 19.4. The molecule has 6 nitrogen and oxygen atoms in total. The molecule has 1 saturated heterocycles. The maximum Gasteiger partial charge on any atom is 0.308 e. The molecular weight excluding hydrogens is 428 g/mol. The van der Waals surface area contributed by atoms with Gasteiger partial charge in [0.1, 0.15) is 5.75 Å². The highest BCUT2D eigenvalue weighted by Crippen LogP contribution is 2.33.